The minimum absolute atomic E-state index is 0.240. The Balaban J connectivity index is 1.38. The van der Waals surface area contributed by atoms with Crippen molar-refractivity contribution in [1.82, 2.24) is 14.3 Å². The normalized spacial score (nSPS) is 22.7. The smallest absolute Gasteiger partial charge is 0.225 e. The van der Waals surface area contributed by atoms with Crippen LogP contribution in [0.25, 0.3) is 0 Å². The van der Waals surface area contributed by atoms with E-state index in [2.05, 4.69) is 33.0 Å². The van der Waals surface area contributed by atoms with Crippen LogP contribution in [-0.4, -0.2) is 58.9 Å². The van der Waals surface area contributed by atoms with Gasteiger partial charge in [-0.2, -0.15) is 0 Å². The predicted octanol–water partition coefficient (Wildman–Crippen LogP) is 2.41. The van der Waals surface area contributed by atoms with Crippen LogP contribution in [0.1, 0.15) is 33.1 Å². The summed E-state index contributed by atoms with van der Waals surface area (Å²) in [4.78, 5) is 11.0. The molecule has 0 radical (unpaired) electrons. The molecule has 2 aliphatic rings. The molecule has 140 valence electrons. The van der Waals surface area contributed by atoms with Gasteiger partial charge in [-0.25, -0.2) is 9.97 Å². The molecule has 6 nitrogen and oxygen atoms in total. The Morgan fingerprint density at radius 2 is 1.92 bits per heavy atom. The lowest BCUT2D eigenvalue weighted by Crippen LogP contribution is -2.31. The molecule has 3 heterocycles. The number of nitrogens with two attached hydrogens (primary N) is 1. The van der Waals surface area contributed by atoms with Crippen molar-refractivity contribution in [2.24, 2.45) is 17.6 Å². The second-order valence-corrected chi connectivity index (χ2v) is 8.69. The second-order valence-electron chi connectivity index (χ2n) is 7.59. The van der Waals surface area contributed by atoms with Gasteiger partial charge in [0.2, 0.25) is 5.95 Å². The van der Waals surface area contributed by atoms with Crippen LogP contribution in [0.4, 0.5) is 5.95 Å². The summed E-state index contributed by atoms with van der Waals surface area (Å²) in [5.41, 5.74) is 5.94. The Bertz CT molecular complexity index is 519. The molecule has 3 rings (SSSR count). The molecule has 0 amide bonds. The third-order valence-electron chi connectivity index (χ3n) is 4.77. The van der Waals surface area contributed by atoms with Gasteiger partial charge in [0, 0.05) is 38.0 Å². The van der Waals surface area contributed by atoms with Crippen molar-refractivity contribution in [1.29, 1.82) is 0 Å². The maximum Gasteiger partial charge on any atom is 0.225 e. The number of ether oxygens (including phenoxy) is 1. The molecule has 0 aromatic carbocycles. The Labute approximate surface area is 155 Å². The van der Waals surface area contributed by atoms with Crippen LogP contribution in [-0.2, 0) is 0 Å². The molecular weight excluding hydrogens is 334 g/mol. The molecule has 2 aliphatic heterocycles. The summed E-state index contributed by atoms with van der Waals surface area (Å²) in [7, 11) is 0. The topological polar surface area (TPSA) is 67.5 Å². The number of aromatic nitrogens is 2. The van der Waals surface area contributed by atoms with Gasteiger partial charge in [0.15, 0.2) is 5.75 Å². The first-order chi connectivity index (χ1) is 12.1. The molecule has 1 aromatic rings. The first-order valence-corrected chi connectivity index (χ1v) is 10.4. The largest absolute Gasteiger partial charge is 0.490 e. The SMILES string of the molecule is CC(C)CSN1CCC(COc2cnc(N3CCC(N)C3)nc2)CC1. The highest BCUT2D eigenvalue weighted by molar-refractivity contribution is 7.97. The van der Waals surface area contributed by atoms with E-state index >= 15 is 0 Å². The molecule has 1 aromatic heterocycles. The van der Waals surface area contributed by atoms with E-state index in [1.54, 1.807) is 12.4 Å². The maximum atomic E-state index is 5.94. The van der Waals surface area contributed by atoms with E-state index in [1.807, 2.05) is 11.9 Å². The fourth-order valence-corrected chi connectivity index (χ4v) is 4.17. The van der Waals surface area contributed by atoms with Gasteiger partial charge in [-0.15, -0.1) is 0 Å². The molecule has 2 fully saturated rings. The molecule has 7 heteroatoms. The molecule has 2 N–H and O–H groups in total. The van der Waals surface area contributed by atoms with E-state index in [1.165, 1.54) is 18.6 Å². The monoisotopic (exact) mass is 365 g/mol. The van der Waals surface area contributed by atoms with Gasteiger partial charge < -0.3 is 15.4 Å². The lowest BCUT2D eigenvalue weighted by atomic mass is 9.99. The summed E-state index contributed by atoms with van der Waals surface area (Å²) >= 11 is 1.99. The minimum atomic E-state index is 0.240. The summed E-state index contributed by atoms with van der Waals surface area (Å²) in [6.45, 7) is 9.42. The molecule has 0 aliphatic carbocycles. The van der Waals surface area contributed by atoms with Crippen LogP contribution in [0.5, 0.6) is 5.75 Å². The van der Waals surface area contributed by atoms with E-state index in [9.17, 15) is 0 Å². The zero-order chi connectivity index (χ0) is 17.6. The van der Waals surface area contributed by atoms with Crippen LogP contribution in [0.3, 0.4) is 0 Å². The number of rotatable bonds is 7. The number of hydrogen-bond acceptors (Lipinski definition) is 7. The minimum Gasteiger partial charge on any atom is -0.490 e. The molecule has 2 saturated heterocycles. The first-order valence-electron chi connectivity index (χ1n) is 9.43. The van der Waals surface area contributed by atoms with Crippen molar-refractivity contribution in [2.45, 2.75) is 39.2 Å². The maximum absolute atomic E-state index is 5.94. The van der Waals surface area contributed by atoms with Gasteiger partial charge in [0.1, 0.15) is 0 Å². The van der Waals surface area contributed by atoms with Crippen LogP contribution < -0.4 is 15.4 Å². The second kappa shape index (κ2) is 9.05. The molecule has 1 unspecified atom stereocenters. The molecule has 0 saturated carbocycles. The van der Waals surface area contributed by atoms with Gasteiger partial charge in [0.25, 0.3) is 0 Å². The molecular formula is C18H31N5OS. The number of hydrogen-bond donors (Lipinski definition) is 1. The zero-order valence-electron chi connectivity index (χ0n) is 15.4. The predicted molar refractivity (Wildman–Crippen MR) is 104 cm³/mol. The van der Waals surface area contributed by atoms with E-state index in [0.29, 0.717) is 5.92 Å². The standard InChI is InChI=1S/C18H31N5OS/c1-14(2)13-25-23-7-3-15(4-8-23)12-24-17-9-20-18(21-10-17)22-6-5-16(19)11-22/h9-10,14-16H,3-8,11-13,19H2,1-2H3. The number of anilines is 1. The Kier molecular flexibility index (Phi) is 6.78. The quantitative estimate of drug-likeness (QED) is 0.744. The third kappa shape index (κ3) is 5.72. The summed E-state index contributed by atoms with van der Waals surface area (Å²) in [6, 6.07) is 0.240. The van der Waals surface area contributed by atoms with Gasteiger partial charge in [-0.3, -0.25) is 4.31 Å². The average Bonchev–Trinajstić information content (AvgIpc) is 3.06. The van der Waals surface area contributed by atoms with Crippen molar-refractivity contribution < 1.29 is 4.74 Å². The number of piperidine rings is 1. The third-order valence-corrected chi connectivity index (χ3v) is 6.32. The Hall–Kier alpha value is -1.05. The van der Waals surface area contributed by atoms with Gasteiger partial charge >= 0.3 is 0 Å². The number of nitrogens with zero attached hydrogens (tertiary/aromatic N) is 4. The van der Waals surface area contributed by atoms with Crippen molar-refractivity contribution in [3.8, 4) is 5.75 Å². The zero-order valence-corrected chi connectivity index (χ0v) is 16.2. The lowest BCUT2D eigenvalue weighted by Gasteiger charge is -2.31. The van der Waals surface area contributed by atoms with Crippen molar-refractivity contribution >= 4 is 17.9 Å². The van der Waals surface area contributed by atoms with Gasteiger partial charge in [-0.1, -0.05) is 25.8 Å². The van der Waals surface area contributed by atoms with Crippen molar-refractivity contribution in [3.05, 3.63) is 12.4 Å². The highest BCUT2D eigenvalue weighted by Crippen LogP contribution is 2.25. The van der Waals surface area contributed by atoms with E-state index in [-0.39, 0.29) is 6.04 Å². The fourth-order valence-electron chi connectivity index (χ4n) is 3.19. The van der Waals surface area contributed by atoms with Crippen LogP contribution >= 0.6 is 11.9 Å². The summed E-state index contributed by atoms with van der Waals surface area (Å²) in [5.74, 6) is 4.13. The van der Waals surface area contributed by atoms with Crippen LogP contribution in [0, 0.1) is 11.8 Å². The lowest BCUT2D eigenvalue weighted by molar-refractivity contribution is 0.189. The summed E-state index contributed by atoms with van der Waals surface area (Å²) in [6.07, 6.45) is 7.00. The highest BCUT2D eigenvalue weighted by atomic mass is 32.2. The van der Waals surface area contributed by atoms with Gasteiger partial charge in [-0.05, 0) is 31.1 Å². The first kappa shape index (κ1) is 18.7. The van der Waals surface area contributed by atoms with E-state index in [0.717, 1.165) is 56.8 Å². The molecule has 0 bridgehead atoms. The van der Waals surface area contributed by atoms with Crippen molar-refractivity contribution in [3.63, 3.8) is 0 Å². The Morgan fingerprint density at radius 1 is 1.20 bits per heavy atom. The summed E-state index contributed by atoms with van der Waals surface area (Å²) < 4.78 is 8.43. The average molecular weight is 366 g/mol. The van der Waals surface area contributed by atoms with Gasteiger partial charge in [0.05, 0.1) is 19.0 Å². The van der Waals surface area contributed by atoms with Crippen LogP contribution in [0.15, 0.2) is 12.4 Å². The van der Waals surface area contributed by atoms with E-state index in [4.69, 9.17) is 10.5 Å². The summed E-state index contributed by atoms with van der Waals surface area (Å²) in [5, 5.41) is 0. The molecule has 25 heavy (non-hydrogen) atoms. The molecule has 1 atom stereocenters. The van der Waals surface area contributed by atoms with Crippen molar-refractivity contribution in [2.75, 3.05) is 43.4 Å². The highest BCUT2D eigenvalue weighted by Gasteiger charge is 2.22. The fraction of sp³-hybridized carbons (Fsp3) is 0.778. The molecule has 0 spiro atoms. The Morgan fingerprint density at radius 3 is 2.52 bits per heavy atom. The van der Waals surface area contributed by atoms with Crippen LogP contribution in [0.2, 0.25) is 0 Å². The van der Waals surface area contributed by atoms with E-state index < -0.39 is 0 Å².